The van der Waals surface area contributed by atoms with E-state index in [-0.39, 0.29) is 12.3 Å². The van der Waals surface area contributed by atoms with Crippen LogP contribution in [0, 0.1) is 0 Å². The van der Waals surface area contributed by atoms with Crippen molar-refractivity contribution in [2.75, 3.05) is 52.3 Å². The minimum atomic E-state index is -0.498. The maximum Gasteiger partial charge on any atom is 0.411 e. The van der Waals surface area contributed by atoms with Crippen LogP contribution in [-0.4, -0.2) is 74.6 Å². The summed E-state index contributed by atoms with van der Waals surface area (Å²) in [5.74, 6) is 1.15. The molecule has 9 heteroatoms. The van der Waals surface area contributed by atoms with Crippen LogP contribution in [0.25, 0.3) is 0 Å². The molecule has 2 aromatic carbocycles. The van der Waals surface area contributed by atoms with E-state index in [1.807, 2.05) is 24.3 Å². The number of ether oxygens (including phenoxy) is 3. The zero-order valence-electron chi connectivity index (χ0n) is 21.6. The number of nitrogens with zero attached hydrogens (tertiary/aromatic N) is 3. The van der Waals surface area contributed by atoms with Gasteiger partial charge in [-0.05, 0) is 55.4 Å². The Labute approximate surface area is 213 Å². The number of carbonyl (C=O) groups excluding carboxylic acids is 2. The highest BCUT2D eigenvalue weighted by atomic mass is 16.5. The molecule has 194 valence electrons. The van der Waals surface area contributed by atoms with Crippen LogP contribution in [0.3, 0.4) is 0 Å². The van der Waals surface area contributed by atoms with E-state index in [0.717, 1.165) is 42.9 Å². The zero-order valence-corrected chi connectivity index (χ0v) is 21.6. The van der Waals surface area contributed by atoms with Gasteiger partial charge in [0.25, 0.3) is 0 Å². The van der Waals surface area contributed by atoms with E-state index in [0.29, 0.717) is 36.8 Å². The Bertz CT molecular complexity index is 1070. The fourth-order valence-electron chi connectivity index (χ4n) is 4.03. The second-order valence-electron chi connectivity index (χ2n) is 8.40. The van der Waals surface area contributed by atoms with Crippen LogP contribution in [0.15, 0.2) is 47.6 Å². The number of hydrogen-bond acceptors (Lipinski definition) is 7. The third kappa shape index (κ3) is 7.45. The molecule has 0 aromatic heterocycles. The van der Waals surface area contributed by atoms with Gasteiger partial charge in [0.05, 0.1) is 39.5 Å². The van der Waals surface area contributed by atoms with Gasteiger partial charge in [0.15, 0.2) is 11.5 Å². The molecule has 0 unspecified atom stereocenters. The van der Waals surface area contributed by atoms with Gasteiger partial charge in [-0.15, -0.1) is 0 Å². The highest BCUT2D eigenvalue weighted by Crippen LogP contribution is 2.29. The Kier molecular flexibility index (Phi) is 10.1. The molecule has 2 amide bonds. The lowest BCUT2D eigenvalue weighted by atomic mass is 10.1. The number of amides is 2. The summed E-state index contributed by atoms with van der Waals surface area (Å²) in [6.45, 7) is 7.95. The van der Waals surface area contributed by atoms with Gasteiger partial charge in [-0.1, -0.05) is 26.0 Å². The molecule has 0 saturated heterocycles. The molecule has 1 aliphatic heterocycles. The molecular formula is C27H36N4O5. The van der Waals surface area contributed by atoms with Gasteiger partial charge in [-0.2, -0.15) is 5.10 Å². The molecule has 0 fully saturated rings. The zero-order chi connectivity index (χ0) is 25.9. The number of anilines is 1. The second kappa shape index (κ2) is 13.5. The van der Waals surface area contributed by atoms with Crippen molar-refractivity contribution >= 4 is 23.4 Å². The van der Waals surface area contributed by atoms with Gasteiger partial charge in [0.2, 0.25) is 5.91 Å². The fourth-order valence-corrected chi connectivity index (χ4v) is 4.03. The summed E-state index contributed by atoms with van der Waals surface area (Å²) < 4.78 is 15.9. The minimum Gasteiger partial charge on any atom is -0.493 e. The molecule has 36 heavy (non-hydrogen) atoms. The van der Waals surface area contributed by atoms with Crippen LogP contribution < -0.4 is 14.8 Å². The SMILES string of the molecule is CCN(CC)CCCOC(=O)Nc1cccc(CC(=O)N2CCC(c3ccc(OC)c(OC)c3)=N2)c1. The smallest absolute Gasteiger partial charge is 0.411 e. The Hall–Kier alpha value is -3.59. The predicted molar refractivity (Wildman–Crippen MR) is 140 cm³/mol. The molecule has 1 N–H and O–H groups in total. The molecule has 3 rings (SSSR count). The van der Waals surface area contributed by atoms with E-state index in [4.69, 9.17) is 14.2 Å². The predicted octanol–water partition coefficient (Wildman–Crippen LogP) is 4.16. The van der Waals surface area contributed by atoms with Crippen molar-refractivity contribution < 1.29 is 23.8 Å². The summed E-state index contributed by atoms with van der Waals surface area (Å²) in [5, 5.41) is 8.77. The van der Waals surface area contributed by atoms with Gasteiger partial charge < -0.3 is 19.1 Å². The standard InChI is InChI=1S/C27H36N4O5/c1-5-30(6-2)14-8-16-36-27(33)28-22-10-7-9-20(17-22)18-26(32)31-15-13-23(29-31)21-11-12-24(34-3)25(19-21)35-4/h7,9-12,17,19H,5-6,8,13-16,18H2,1-4H3,(H,28,33). The summed E-state index contributed by atoms with van der Waals surface area (Å²) in [6.07, 6.45) is 1.12. The van der Waals surface area contributed by atoms with Gasteiger partial charge in [0, 0.05) is 24.2 Å². The van der Waals surface area contributed by atoms with Crippen LogP contribution >= 0.6 is 0 Å². The first kappa shape index (κ1) is 27.0. The normalized spacial score (nSPS) is 12.9. The largest absolute Gasteiger partial charge is 0.493 e. The first-order chi connectivity index (χ1) is 17.5. The van der Waals surface area contributed by atoms with Crippen LogP contribution in [-0.2, 0) is 16.0 Å². The molecular weight excluding hydrogens is 460 g/mol. The third-order valence-corrected chi connectivity index (χ3v) is 6.08. The number of benzene rings is 2. The number of nitrogens with one attached hydrogen (secondary N) is 1. The van der Waals surface area contributed by atoms with E-state index in [1.54, 1.807) is 32.4 Å². The maximum absolute atomic E-state index is 12.9. The monoisotopic (exact) mass is 496 g/mol. The molecule has 0 aliphatic carbocycles. The van der Waals surface area contributed by atoms with E-state index in [2.05, 4.69) is 29.2 Å². The van der Waals surface area contributed by atoms with Crippen LogP contribution in [0.4, 0.5) is 10.5 Å². The molecule has 0 spiro atoms. The lowest BCUT2D eigenvalue weighted by Gasteiger charge is -2.17. The van der Waals surface area contributed by atoms with Crippen molar-refractivity contribution in [3.63, 3.8) is 0 Å². The van der Waals surface area contributed by atoms with Crippen molar-refractivity contribution in [1.82, 2.24) is 9.91 Å². The quantitative estimate of drug-likeness (QED) is 0.444. The fraction of sp³-hybridized carbons (Fsp3) is 0.444. The molecule has 2 aromatic rings. The van der Waals surface area contributed by atoms with E-state index in [9.17, 15) is 9.59 Å². The molecule has 0 saturated carbocycles. The lowest BCUT2D eigenvalue weighted by Crippen LogP contribution is -2.25. The molecule has 9 nitrogen and oxygen atoms in total. The number of rotatable bonds is 12. The first-order valence-corrected chi connectivity index (χ1v) is 12.3. The number of carbonyl (C=O) groups is 2. The molecule has 0 atom stereocenters. The van der Waals surface area contributed by atoms with Crippen molar-refractivity contribution in [1.29, 1.82) is 0 Å². The summed E-state index contributed by atoms with van der Waals surface area (Å²) in [6, 6.07) is 12.8. The number of hydrogen-bond donors (Lipinski definition) is 1. The van der Waals surface area contributed by atoms with Crippen molar-refractivity contribution in [3.8, 4) is 11.5 Å². The lowest BCUT2D eigenvalue weighted by molar-refractivity contribution is -0.130. The summed E-state index contributed by atoms with van der Waals surface area (Å²) in [5.41, 5.74) is 3.09. The summed E-state index contributed by atoms with van der Waals surface area (Å²) in [7, 11) is 3.18. The van der Waals surface area contributed by atoms with Crippen molar-refractivity contribution in [3.05, 3.63) is 53.6 Å². The number of hydrazone groups is 1. The van der Waals surface area contributed by atoms with E-state index in [1.165, 1.54) is 5.01 Å². The molecule has 1 aliphatic rings. The van der Waals surface area contributed by atoms with E-state index < -0.39 is 6.09 Å². The highest BCUT2D eigenvalue weighted by molar-refractivity contribution is 6.03. The van der Waals surface area contributed by atoms with Crippen LogP contribution in [0.1, 0.15) is 37.8 Å². The topological polar surface area (TPSA) is 92.7 Å². The van der Waals surface area contributed by atoms with Crippen molar-refractivity contribution in [2.24, 2.45) is 5.10 Å². The maximum atomic E-state index is 12.9. The van der Waals surface area contributed by atoms with Crippen LogP contribution in [0.5, 0.6) is 11.5 Å². The van der Waals surface area contributed by atoms with Gasteiger partial charge in [0.1, 0.15) is 0 Å². The molecule has 1 heterocycles. The van der Waals surface area contributed by atoms with E-state index >= 15 is 0 Å². The minimum absolute atomic E-state index is 0.110. The summed E-state index contributed by atoms with van der Waals surface area (Å²) in [4.78, 5) is 27.3. The highest BCUT2D eigenvalue weighted by Gasteiger charge is 2.22. The Balaban J connectivity index is 1.53. The average Bonchev–Trinajstić information content (AvgIpc) is 3.39. The van der Waals surface area contributed by atoms with Gasteiger partial charge >= 0.3 is 6.09 Å². The Morgan fingerprint density at radius 2 is 1.83 bits per heavy atom. The second-order valence-corrected chi connectivity index (χ2v) is 8.40. The summed E-state index contributed by atoms with van der Waals surface area (Å²) >= 11 is 0. The van der Waals surface area contributed by atoms with Crippen LogP contribution in [0.2, 0.25) is 0 Å². The first-order valence-electron chi connectivity index (χ1n) is 12.3. The Morgan fingerprint density at radius 1 is 1.06 bits per heavy atom. The average molecular weight is 497 g/mol. The Morgan fingerprint density at radius 3 is 2.56 bits per heavy atom. The molecule has 0 bridgehead atoms. The van der Waals surface area contributed by atoms with Gasteiger partial charge in [-0.25, -0.2) is 9.80 Å². The van der Waals surface area contributed by atoms with Gasteiger partial charge in [-0.3, -0.25) is 10.1 Å². The third-order valence-electron chi connectivity index (χ3n) is 6.08. The number of methoxy groups -OCH3 is 2. The van der Waals surface area contributed by atoms with Crippen molar-refractivity contribution in [2.45, 2.75) is 33.1 Å². The molecule has 0 radical (unpaired) electrons.